The zero-order valence-electron chi connectivity index (χ0n) is 25.6. The molecule has 1 saturated heterocycles. The van der Waals surface area contributed by atoms with E-state index in [1.807, 2.05) is 72.8 Å². The Morgan fingerprint density at radius 2 is 0.702 bits per heavy atom. The summed E-state index contributed by atoms with van der Waals surface area (Å²) < 4.78 is 66.9. The van der Waals surface area contributed by atoms with Crippen LogP contribution in [0.5, 0.6) is 0 Å². The average molecular weight is 685 g/mol. The van der Waals surface area contributed by atoms with Gasteiger partial charge in [0.25, 0.3) is 0 Å². The molecule has 4 aromatic carbocycles. The van der Waals surface area contributed by atoms with E-state index in [9.17, 15) is 19.3 Å². The van der Waals surface area contributed by atoms with Crippen molar-refractivity contribution < 1.29 is 51.2 Å². The summed E-state index contributed by atoms with van der Waals surface area (Å²) in [6.07, 6.45) is -5.17. The van der Waals surface area contributed by atoms with Crippen molar-refractivity contribution in [3.05, 3.63) is 144 Å². The highest BCUT2D eigenvalue weighted by Crippen LogP contribution is 2.53. The van der Waals surface area contributed by atoms with E-state index in [0.717, 1.165) is 22.3 Å². The predicted molar refractivity (Wildman–Crippen MR) is 173 cm³/mol. The smallest absolute Gasteiger partial charge is 0.388 e. The van der Waals surface area contributed by atoms with Gasteiger partial charge in [-0.2, -0.15) is 0 Å². The molecule has 47 heavy (non-hydrogen) atoms. The zero-order valence-corrected chi connectivity index (χ0v) is 27.4. The number of aliphatic hydroxyl groups excluding tert-OH is 2. The number of benzene rings is 4. The maximum atomic E-state index is 13.7. The average Bonchev–Trinajstić information content (AvgIpc) is 3.40. The Hall–Kier alpha value is -3.02. The van der Waals surface area contributed by atoms with Gasteiger partial charge in [0.05, 0.1) is 39.6 Å². The minimum atomic E-state index is -4.18. The van der Waals surface area contributed by atoms with E-state index in [1.54, 1.807) is 48.5 Å². The zero-order chi connectivity index (χ0) is 33.0. The number of ether oxygens (including phenoxy) is 1. The van der Waals surface area contributed by atoms with Crippen LogP contribution < -0.4 is 0 Å². The van der Waals surface area contributed by atoms with Crippen LogP contribution in [0.15, 0.2) is 121 Å². The maximum Gasteiger partial charge on any atom is 0.475 e. The Kier molecular flexibility index (Phi) is 13.1. The van der Waals surface area contributed by atoms with Crippen molar-refractivity contribution in [3.63, 3.8) is 0 Å². The van der Waals surface area contributed by atoms with Crippen LogP contribution >= 0.6 is 15.6 Å². The molecule has 0 spiro atoms. The van der Waals surface area contributed by atoms with Crippen LogP contribution in [-0.2, 0) is 67.4 Å². The number of phosphoric acid groups is 2. The van der Waals surface area contributed by atoms with E-state index in [1.165, 1.54) is 0 Å². The lowest BCUT2D eigenvalue weighted by molar-refractivity contribution is -0.0446. The van der Waals surface area contributed by atoms with E-state index >= 15 is 0 Å². The van der Waals surface area contributed by atoms with Crippen molar-refractivity contribution in [1.82, 2.24) is 0 Å². The standard InChI is InChI=1S/C34H38O11P2/c35-33-31(25-43-46(37,39-21-27-13-5-1-6-14-27)40-22-28-15-7-2-8-16-28)45-32(34(33)36)26-44-47(38,41-23-29-17-9-3-10-18-29)42-24-30-19-11-4-12-20-30/h1-20,31-36H,21-26H2/t31-,32+,33-,34+. The number of phosphoric ester groups is 2. The van der Waals surface area contributed by atoms with Crippen molar-refractivity contribution in [1.29, 1.82) is 0 Å². The molecule has 1 heterocycles. The molecular weight excluding hydrogens is 646 g/mol. The Morgan fingerprint density at radius 3 is 0.957 bits per heavy atom. The van der Waals surface area contributed by atoms with Gasteiger partial charge in [0.15, 0.2) is 0 Å². The summed E-state index contributed by atoms with van der Waals surface area (Å²) in [6, 6.07) is 36.4. The summed E-state index contributed by atoms with van der Waals surface area (Å²) in [6.45, 7) is -1.10. The molecule has 4 atom stereocenters. The first-order chi connectivity index (χ1) is 22.8. The lowest BCUT2D eigenvalue weighted by Gasteiger charge is -2.22. The highest BCUT2D eigenvalue weighted by atomic mass is 31.2. The van der Waals surface area contributed by atoms with Crippen LogP contribution in [0, 0.1) is 0 Å². The molecule has 2 N–H and O–H groups in total. The van der Waals surface area contributed by atoms with Gasteiger partial charge in [0.1, 0.15) is 24.4 Å². The Morgan fingerprint density at radius 1 is 0.447 bits per heavy atom. The minimum Gasteiger partial charge on any atom is -0.388 e. The highest BCUT2D eigenvalue weighted by molar-refractivity contribution is 7.48. The van der Waals surface area contributed by atoms with Gasteiger partial charge in [-0.25, -0.2) is 9.13 Å². The van der Waals surface area contributed by atoms with Gasteiger partial charge in [0, 0.05) is 0 Å². The van der Waals surface area contributed by atoms with Crippen LogP contribution in [0.2, 0.25) is 0 Å². The Labute approximate surface area is 274 Å². The molecule has 0 saturated carbocycles. The largest absolute Gasteiger partial charge is 0.475 e. The first-order valence-electron chi connectivity index (χ1n) is 15.1. The minimum absolute atomic E-state index is 0.0542. The van der Waals surface area contributed by atoms with Gasteiger partial charge in [-0.15, -0.1) is 0 Å². The lowest BCUT2D eigenvalue weighted by atomic mass is 10.1. The fourth-order valence-corrected chi connectivity index (χ4v) is 6.90. The maximum absolute atomic E-state index is 13.7. The molecule has 0 radical (unpaired) electrons. The third-order valence-corrected chi connectivity index (χ3v) is 9.90. The quantitative estimate of drug-likeness (QED) is 0.110. The molecule has 4 aromatic rings. The molecule has 11 nitrogen and oxygen atoms in total. The summed E-state index contributed by atoms with van der Waals surface area (Å²) in [5, 5.41) is 21.5. The first kappa shape index (κ1) is 35.3. The van der Waals surface area contributed by atoms with Crippen LogP contribution in [0.4, 0.5) is 0 Å². The second-order valence-corrected chi connectivity index (χ2v) is 14.1. The molecule has 0 aromatic heterocycles. The van der Waals surface area contributed by atoms with Gasteiger partial charge < -0.3 is 14.9 Å². The van der Waals surface area contributed by atoms with E-state index in [0.29, 0.717) is 0 Å². The topological polar surface area (TPSA) is 139 Å². The molecule has 250 valence electrons. The van der Waals surface area contributed by atoms with Crippen molar-refractivity contribution in [2.75, 3.05) is 13.2 Å². The molecule has 1 aliphatic heterocycles. The van der Waals surface area contributed by atoms with E-state index in [-0.39, 0.29) is 26.4 Å². The third kappa shape index (κ3) is 11.0. The van der Waals surface area contributed by atoms with Crippen molar-refractivity contribution >= 4 is 15.6 Å². The molecular formula is C34H38O11P2. The molecule has 0 aliphatic carbocycles. The molecule has 0 bridgehead atoms. The molecule has 1 aliphatic rings. The molecule has 13 heteroatoms. The van der Waals surface area contributed by atoms with Crippen molar-refractivity contribution in [2.24, 2.45) is 0 Å². The van der Waals surface area contributed by atoms with E-state index in [2.05, 4.69) is 0 Å². The van der Waals surface area contributed by atoms with Gasteiger partial charge in [-0.1, -0.05) is 121 Å². The number of hydrogen-bond acceptors (Lipinski definition) is 11. The Balaban J connectivity index is 1.20. The van der Waals surface area contributed by atoms with Crippen LogP contribution in [-0.4, -0.2) is 47.8 Å². The number of aliphatic hydroxyl groups is 2. The summed E-state index contributed by atoms with van der Waals surface area (Å²) in [5.74, 6) is 0. The van der Waals surface area contributed by atoms with Crippen LogP contribution in [0.25, 0.3) is 0 Å². The SMILES string of the molecule is O=P(OCc1ccccc1)(OCc1ccccc1)OC[C@@H]1O[C@H](COP(=O)(OCc2ccccc2)OCc2ccccc2)[C@@H](O)[C@H]1O. The van der Waals surface area contributed by atoms with Crippen molar-refractivity contribution in [3.8, 4) is 0 Å². The molecule has 0 amide bonds. The normalized spacial score (nSPS) is 20.0. The lowest BCUT2D eigenvalue weighted by Crippen LogP contribution is -2.35. The summed E-state index contributed by atoms with van der Waals surface area (Å²) in [7, 11) is -8.35. The molecule has 5 rings (SSSR count). The van der Waals surface area contributed by atoms with Gasteiger partial charge in [-0.05, 0) is 22.3 Å². The summed E-state index contributed by atoms with van der Waals surface area (Å²) in [5.41, 5.74) is 2.99. The number of rotatable bonds is 18. The van der Waals surface area contributed by atoms with Crippen LogP contribution in [0.3, 0.4) is 0 Å². The summed E-state index contributed by atoms with van der Waals surface area (Å²) in [4.78, 5) is 0. The molecule has 0 unspecified atom stereocenters. The van der Waals surface area contributed by atoms with Crippen molar-refractivity contribution in [2.45, 2.75) is 50.8 Å². The second kappa shape index (κ2) is 17.4. The first-order valence-corrected chi connectivity index (χ1v) is 18.0. The second-order valence-electron chi connectivity index (χ2n) is 10.7. The highest BCUT2D eigenvalue weighted by Gasteiger charge is 2.45. The van der Waals surface area contributed by atoms with Gasteiger partial charge in [-0.3, -0.25) is 27.1 Å². The predicted octanol–water partition coefficient (Wildman–Crippen LogP) is 6.59. The molecule has 1 fully saturated rings. The fraction of sp³-hybridized carbons (Fsp3) is 0.294. The van der Waals surface area contributed by atoms with Gasteiger partial charge >= 0.3 is 15.6 Å². The monoisotopic (exact) mass is 684 g/mol. The fourth-order valence-electron chi connectivity index (χ4n) is 4.57. The third-order valence-electron chi connectivity index (χ3n) is 7.18. The Bertz CT molecular complexity index is 1370. The van der Waals surface area contributed by atoms with Crippen LogP contribution in [0.1, 0.15) is 22.3 Å². The van der Waals surface area contributed by atoms with E-state index < -0.39 is 53.3 Å². The summed E-state index contributed by atoms with van der Waals surface area (Å²) >= 11 is 0. The number of hydrogen-bond donors (Lipinski definition) is 2. The van der Waals surface area contributed by atoms with E-state index in [4.69, 9.17) is 31.9 Å². The van der Waals surface area contributed by atoms with Gasteiger partial charge in [0.2, 0.25) is 0 Å².